The van der Waals surface area contributed by atoms with Crippen molar-refractivity contribution in [3.8, 4) is 0 Å². The van der Waals surface area contributed by atoms with Gasteiger partial charge in [0.05, 0.1) is 23.8 Å². The van der Waals surface area contributed by atoms with E-state index in [9.17, 15) is 23.2 Å². The Kier molecular flexibility index (Phi) is 8.84. The lowest BCUT2D eigenvalue weighted by atomic mass is 9.74. The molecule has 0 aliphatic heterocycles. The second-order valence-corrected chi connectivity index (χ2v) is 10.4. The number of amides is 2. The fourth-order valence-corrected chi connectivity index (χ4v) is 4.84. The number of hydrazine groups is 1. The summed E-state index contributed by atoms with van der Waals surface area (Å²) < 4.78 is 25.7. The van der Waals surface area contributed by atoms with Crippen LogP contribution in [0.25, 0.3) is 6.08 Å². The lowest BCUT2D eigenvalue weighted by molar-refractivity contribution is -0.141. The highest BCUT2D eigenvalue weighted by molar-refractivity contribution is 7.92. The molecule has 0 unspecified atom stereocenters. The molecule has 182 valence electrons. The van der Waals surface area contributed by atoms with Crippen LogP contribution < -0.4 is 15.3 Å². The maximum absolute atomic E-state index is 13.4. The van der Waals surface area contributed by atoms with Gasteiger partial charge in [-0.05, 0) is 36.5 Å². The molecule has 1 saturated carbocycles. The van der Waals surface area contributed by atoms with E-state index in [2.05, 4.69) is 5.43 Å². The van der Waals surface area contributed by atoms with Crippen LogP contribution in [-0.2, 0) is 19.6 Å². The Hall–Kier alpha value is -3.17. The van der Waals surface area contributed by atoms with Crippen molar-refractivity contribution in [2.45, 2.75) is 32.1 Å². The zero-order chi connectivity index (χ0) is 24.6. The van der Waals surface area contributed by atoms with Crippen LogP contribution >= 0.6 is 0 Å². The third-order valence-electron chi connectivity index (χ3n) is 6.12. The summed E-state index contributed by atoms with van der Waals surface area (Å²) in [5.74, 6) is -2.69. The van der Waals surface area contributed by atoms with Crippen LogP contribution in [0.4, 0.5) is 5.69 Å². The molecule has 0 bridgehead atoms. The Morgan fingerprint density at radius 2 is 1.65 bits per heavy atom. The van der Waals surface area contributed by atoms with Crippen LogP contribution in [0.15, 0.2) is 66.7 Å². The second-order valence-electron chi connectivity index (χ2n) is 8.61. The Labute approximate surface area is 200 Å². The summed E-state index contributed by atoms with van der Waals surface area (Å²) in [5.41, 5.74) is 5.43. The first-order chi connectivity index (χ1) is 16.3. The predicted octanol–water partition coefficient (Wildman–Crippen LogP) is 3.52. The van der Waals surface area contributed by atoms with Gasteiger partial charge in [0.15, 0.2) is 0 Å². The van der Waals surface area contributed by atoms with Gasteiger partial charge in [-0.15, -0.1) is 0 Å². The van der Waals surface area contributed by atoms with Gasteiger partial charge in [0.25, 0.3) is 0 Å². The quantitative estimate of drug-likeness (QED) is 0.333. The van der Waals surface area contributed by atoms with Crippen molar-refractivity contribution in [3.63, 3.8) is 0 Å². The molecule has 0 spiro atoms. The highest BCUT2D eigenvalue weighted by atomic mass is 32.2. The van der Waals surface area contributed by atoms with Crippen molar-refractivity contribution in [2.24, 2.45) is 17.8 Å². The number of hydroxylamine groups is 1. The molecule has 34 heavy (non-hydrogen) atoms. The van der Waals surface area contributed by atoms with Gasteiger partial charge in [-0.3, -0.25) is 20.2 Å². The number of carbonyl (C=O) groups is 2. The minimum atomic E-state index is -3.83. The van der Waals surface area contributed by atoms with E-state index in [4.69, 9.17) is 0 Å². The Bertz CT molecular complexity index is 1090. The number of nitrogens with one attached hydrogen (secondary N) is 2. The standard InChI is InChI=1S/C25H31N3O5S/c1-34(32,33)28(21-15-6-3-7-16-21)26-24(29)23(18-20-13-8-14-20)22(25(30)27-31)17-9-12-19-10-4-2-5-11-19/h2-7,9-12,15-16,20,22-23,31H,8,13-14,17-18H2,1H3,(H,26,29)(H,27,30)/b12-9+/t22-,23+/m0/s1. The molecule has 0 saturated heterocycles. The molecule has 1 aliphatic carbocycles. The molecule has 2 aromatic carbocycles. The van der Waals surface area contributed by atoms with E-state index in [-0.39, 0.29) is 18.0 Å². The van der Waals surface area contributed by atoms with E-state index in [1.54, 1.807) is 41.9 Å². The number of para-hydroxylation sites is 1. The van der Waals surface area contributed by atoms with Crippen LogP contribution in [0.2, 0.25) is 0 Å². The Balaban J connectivity index is 1.86. The van der Waals surface area contributed by atoms with Gasteiger partial charge in [-0.2, -0.15) is 4.41 Å². The largest absolute Gasteiger partial charge is 0.289 e. The monoisotopic (exact) mass is 485 g/mol. The fraction of sp³-hybridized carbons (Fsp3) is 0.360. The first-order valence-corrected chi connectivity index (χ1v) is 13.2. The molecule has 1 fully saturated rings. The van der Waals surface area contributed by atoms with Crippen molar-refractivity contribution in [1.82, 2.24) is 10.9 Å². The highest BCUT2D eigenvalue weighted by Crippen LogP contribution is 2.36. The summed E-state index contributed by atoms with van der Waals surface area (Å²) in [6.07, 6.45) is 8.23. The summed E-state index contributed by atoms with van der Waals surface area (Å²) in [7, 11) is -3.83. The van der Waals surface area contributed by atoms with Crippen LogP contribution in [0.5, 0.6) is 0 Å². The number of rotatable bonds is 11. The van der Waals surface area contributed by atoms with Gasteiger partial charge in [0, 0.05) is 0 Å². The van der Waals surface area contributed by atoms with Gasteiger partial charge < -0.3 is 0 Å². The van der Waals surface area contributed by atoms with Crippen molar-refractivity contribution < 1.29 is 23.2 Å². The van der Waals surface area contributed by atoms with Gasteiger partial charge in [0.2, 0.25) is 21.8 Å². The van der Waals surface area contributed by atoms with Crippen molar-refractivity contribution in [1.29, 1.82) is 0 Å². The molecule has 0 heterocycles. The zero-order valence-corrected chi connectivity index (χ0v) is 19.9. The summed E-state index contributed by atoms with van der Waals surface area (Å²) in [6.45, 7) is 0. The summed E-state index contributed by atoms with van der Waals surface area (Å²) in [4.78, 5) is 26.1. The zero-order valence-electron chi connectivity index (χ0n) is 19.1. The molecule has 2 atom stereocenters. The highest BCUT2D eigenvalue weighted by Gasteiger charge is 2.37. The molecule has 2 aromatic rings. The molecule has 9 heteroatoms. The SMILES string of the molecule is CS(=O)(=O)N(NC(=O)[C@H](CC1CCC1)[C@H](C/C=C/c1ccccc1)C(=O)NO)c1ccccc1. The average molecular weight is 486 g/mol. The molecule has 3 rings (SSSR count). The summed E-state index contributed by atoms with van der Waals surface area (Å²) in [5, 5.41) is 9.39. The molecule has 8 nitrogen and oxygen atoms in total. The van der Waals surface area contributed by atoms with E-state index in [1.807, 2.05) is 36.4 Å². The van der Waals surface area contributed by atoms with Crippen LogP contribution in [0, 0.1) is 17.8 Å². The minimum Gasteiger partial charge on any atom is -0.289 e. The number of hydrogen-bond donors (Lipinski definition) is 3. The molecule has 0 aromatic heterocycles. The van der Waals surface area contributed by atoms with E-state index >= 15 is 0 Å². The number of carbonyl (C=O) groups excluding carboxylic acids is 2. The average Bonchev–Trinajstić information content (AvgIpc) is 2.80. The maximum Gasteiger partial charge on any atom is 0.249 e. The maximum atomic E-state index is 13.4. The number of hydrogen-bond acceptors (Lipinski definition) is 5. The van der Waals surface area contributed by atoms with Gasteiger partial charge in [-0.1, -0.05) is 79.9 Å². The lowest BCUT2D eigenvalue weighted by Gasteiger charge is -2.33. The van der Waals surface area contributed by atoms with Crippen LogP contribution in [0.3, 0.4) is 0 Å². The van der Waals surface area contributed by atoms with E-state index in [0.717, 1.165) is 35.5 Å². The second kappa shape index (κ2) is 11.8. The number of sulfonamides is 1. The lowest BCUT2D eigenvalue weighted by Crippen LogP contribution is -2.51. The smallest absolute Gasteiger partial charge is 0.249 e. The van der Waals surface area contributed by atoms with Crippen LogP contribution in [0.1, 0.15) is 37.7 Å². The Morgan fingerprint density at radius 3 is 2.18 bits per heavy atom. The van der Waals surface area contributed by atoms with Crippen molar-refractivity contribution in [2.75, 3.05) is 10.7 Å². The first kappa shape index (κ1) is 25.5. The molecule has 0 radical (unpaired) electrons. The van der Waals surface area contributed by atoms with Gasteiger partial charge in [-0.25, -0.2) is 13.9 Å². The fourth-order valence-electron chi connectivity index (χ4n) is 4.08. The molecule has 2 amide bonds. The summed E-state index contributed by atoms with van der Waals surface area (Å²) in [6, 6.07) is 17.8. The summed E-state index contributed by atoms with van der Waals surface area (Å²) >= 11 is 0. The number of nitrogens with zero attached hydrogens (tertiary/aromatic N) is 1. The third-order valence-corrected chi connectivity index (χ3v) is 7.08. The van der Waals surface area contributed by atoms with Gasteiger partial charge >= 0.3 is 0 Å². The molecule has 1 aliphatic rings. The molecular formula is C25H31N3O5S. The van der Waals surface area contributed by atoms with E-state index < -0.39 is 33.7 Å². The van der Waals surface area contributed by atoms with Crippen LogP contribution in [-0.4, -0.2) is 31.7 Å². The number of allylic oxidation sites excluding steroid dienone is 1. The van der Waals surface area contributed by atoms with E-state index in [0.29, 0.717) is 6.42 Å². The topological polar surface area (TPSA) is 116 Å². The molecular weight excluding hydrogens is 454 g/mol. The van der Waals surface area contributed by atoms with Crippen molar-refractivity contribution in [3.05, 3.63) is 72.3 Å². The number of benzene rings is 2. The number of anilines is 1. The van der Waals surface area contributed by atoms with Crippen molar-refractivity contribution >= 4 is 33.6 Å². The first-order valence-electron chi connectivity index (χ1n) is 11.3. The minimum absolute atomic E-state index is 0.205. The predicted molar refractivity (Wildman–Crippen MR) is 131 cm³/mol. The normalized spacial score (nSPS) is 15.8. The van der Waals surface area contributed by atoms with Gasteiger partial charge in [0.1, 0.15) is 0 Å². The third kappa shape index (κ3) is 6.91. The molecule has 3 N–H and O–H groups in total. The Morgan fingerprint density at radius 1 is 1.03 bits per heavy atom. The van der Waals surface area contributed by atoms with E-state index in [1.165, 1.54) is 0 Å².